The third-order valence-electron chi connectivity index (χ3n) is 2.55. The molecule has 0 aliphatic carbocycles. The molecule has 124 valence electrons. The van der Waals surface area contributed by atoms with Gasteiger partial charge in [-0.3, -0.25) is 0 Å². The molecule has 6 heteroatoms. The van der Waals surface area contributed by atoms with Crippen LogP contribution >= 0.6 is 0 Å². The first-order valence-corrected chi connectivity index (χ1v) is 6.74. The van der Waals surface area contributed by atoms with Crippen LogP contribution in [0.5, 0.6) is 17.2 Å². The van der Waals surface area contributed by atoms with Gasteiger partial charge in [-0.2, -0.15) is 0 Å². The minimum Gasteiger partial charge on any atom is -0.504 e. The highest BCUT2D eigenvalue weighted by atomic mass is 16.5. The first-order valence-electron chi connectivity index (χ1n) is 6.74. The summed E-state index contributed by atoms with van der Waals surface area (Å²) in [5, 5.41) is 26.3. The van der Waals surface area contributed by atoms with E-state index < -0.39 is 11.9 Å². The van der Waals surface area contributed by atoms with Crippen LogP contribution in [0.2, 0.25) is 0 Å². The Hall–Kier alpha value is -3.54. The number of ether oxygens (including phenoxy) is 1. The minimum absolute atomic E-state index is 0.229. The van der Waals surface area contributed by atoms with E-state index in [0.29, 0.717) is 11.3 Å². The van der Waals surface area contributed by atoms with E-state index in [1.165, 1.54) is 24.3 Å². The molecule has 0 aromatic heterocycles. The Balaban J connectivity index is 0.000000243. The molecule has 2 rings (SSSR count). The van der Waals surface area contributed by atoms with Crippen molar-refractivity contribution >= 4 is 18.0 Å². The zero-order valence-electron chi connectivity index (χ0n) is 12.6. The second kappa shape index (κ2) is 9.47. The number of aromatic hydroxyl groups is 2. The summed E-state index contributed by atoms with van der Waals surface area (Å²) < 4.78 is 4.81. The van der Waals surface area contributed by atoms with Crippen LogP contribution in [0.4, 0.5) is 0 Å². The molecule has 6 nitrogen and oxygen atoms in total. The first kappa shape index (κ1) is 18.5. The monoisotopic (exact) mass is 328 g/mol. The van der Waals surface area contributed by atoms with E-state index in [1.54, 1.807) is 24.3 Å². The van der Waals surface area contributed by atoms with Gasteiger partial charge in [-0.25, -0.2) is 9.59 Å². The van der Waals surface area contributed by atoms with Gasteiger partial charge in [0, 0.05) is 12.2 Å². The van der Waals surface area contributed by atoms with E-state index in [9.17, 15) is 9.59 Å². The maximum Gasteiger partial charge on any atom is 0.335 e. The summed E-state index contributed by atoms with van der Waals surface area (Å²) in [6.07, 6.45) is 3.40. The van der Waals surface area contributed by atoms with E-state index in [2.05, 4.69) is 6.58 Å². The predicted molar refractivity (Wildman–Crippen MR) is 88.7 cm³/mol. The number of esters is 1. The Kier molecular flexibility index (Phi) is 7.30. The normalized spacial score (nSPS) is 9.67. The number of carboxylic acid groups (broad SMARTS) is 1. The summed E-state index contributed by atoms with van der Waals surface area (Å²) in [5.41, 5.74) is 0.512. The molecule has 24 heavy (non-hydrogen) atoms. The summed E-state index contributed by atoms with van der Waals surface area (Å²) in [7, 11) is 0. The lowest BCUT2D eigenvalue weighted by Crippen LogP contribution is -2.02. The fraction of sp³-hybridized carbons (Fsp3) is 0. The van der Waals surface area contributed by atoms with Gasteiger partial charge in [0.05, 0.1) is 0 Å². The van der Waals surface area contributed by atoms with Crippen molar-refractivity contribution in [1.82, 2.24) is 0 Å². The van der Waals surface area contributed by atoms with Crippen LogP contribution in [-0.2, 0) is 9.59 Å². The maximum atomic E-state index is 10.6. The molecule has 0 saturated carbocycles. The highest BCUT2D eigenvalue weighted by molar-refractivity contribution is 5.85. The van der Waals surface area contributed by atoms with Gasteiger partial charge in [0.25, 0.3) is 0 Å². The number of rotatable bonds is 4. The Labute approximate surface area is 138 Å². The molecule has 0 spiro atoms. The summed E-state index contributed by atoms with van der Waals surface area (Å²) in [6.45, 7) is 3.28. The van der Waals surface area contributed by atoms with Gasteiger partial charge < -0.3 is 20.1 Å². The highest BCUT2D eigenvalue weighted by Gasteiger charge is 1.98. The molecular formula is C18H16O6. The quantitative estimate of drug-likeness (QED) is 0.345. The topological polar surface area (TPSA) is 104 Å². The SMILES string of the molecule is C=CC(=O)Oc1ccccc1.O=C(O)/C=C/c1ccc(O)c(O)c1. The van der Waals surface area contributed by atoms with Gasteiger partial charge in [-0.15, -0.1) is 0 Å². The van der Waals surface area contributed by atoms with Gasteiger partial charge in [-0.05, 0) is 35.9 Å². The number of aliphatic carboxylic acids is 1. The van der Waals surface area contributed by atoms with Crippen LogP contribution in [0.3, 0.4) is 0 Å². The lowest BCUT2D eigenvalue weighted by atomic mass is 10.2. The molecule has 2 aromatic carbocycles. The average Bonchev–Trinajstić information content (AvgIpc) is 2.57. The van der Waals surface area contributed by atoms with Gasteiger partial charge in [0.2, 0.25) is 0 Å². The summed E-state index contributed by atoms with van der Waals surface area (Å²) in [4.78, 5) is 20.8. The van der Waals surface area contributed by atoms with Crippen molar-refractivity contribution in [2.24, 2.45) is 0 Å². The zero-order chi connectivity index (χ0) is 17.9. The molecule has 0 saturated heterocycles. The summed E-state index contributed by atoms with van der Waals surface area (Å²) in [6, 6.07) is 12.9. The largest absolute Gasteiger partial charge is 0.504 e. The van der Waals surface area contributed by atoms with Crippen molar-refractivity contribution in [3.05, 3.63) is 72.8 Å². The second-order valence-corrected chi connectivity index (χ2v) is 4.36. The predicted octanol–water partition coefficient (Wildman–Crippen LogP) is 2.97. The fourth-order valence-corrected chi connectivity index (χ4v) is 1.46. The number of carboxylic acids is 1. The van der Waals surface area contributed by atoms with Crippen LogP contribution in [0, 0.1) is 0 Å². The number of phenols is 2. The van der Waals surface area contributed by atoms with Gasteiger partial charge in [-0.1, -0.05) is 30.8 Å². The molecule has 0 bridgehead atoms. The molecule has 0 unspecified atom stereocenters. The van der Waals surface area contributed by atoms with Crippen molar-refractivity contribution < 1.29 is 29.6 Å². The summed E-state index contributed by atoms with van der Waals surface area (Å²) >= 11 is 0. The van der Waals surface area contributed by atoms with Crippen molar-refractivity contribution in [2.75, 3.05) is 0 Å². The third-order valence-corrected chi connectivity index (χ3v) is 2.55. The van der Waals surface area contributed by atoms with E-state index in [1.807, 2.05) is 6.07 Å². The molecule has 0 fully saturated rings. The number of carbonyl (C=O) groups excluding carboxylic acids is 1. The molecule has 0 aliphatic rings. The number of carbonyl (C=O) groups is 2. The molecule has 2 aromatic rings. The van der Waals surface area contributed by atoms with Crippen LogP contribution in [0.15, 0.2) is 67.3 Å². The minimum atomic E-state index is -1.06. The van der Waals surface area contributed by atoms with E-state index >= 15 is 0 Å². The van der Waals surface area contributed by atoms with E-state index in [4.69, 9.17) is 20.1 Å². The van der Waals surface area contributed by atoms with Gasteiger partial charge in [0.1, 0.15) is 5.75 Å². The number of benzene rings is 2. The summed E-state index contributed by atoms with van der Waals surface area (Å²) in [5.74, 6) is -1.46. The molecule has 0 radical (unpaired) electrons. The van der Waals surface area contributed by atoms with Crippen molar-refractivity contribution in [2.45, 2.75) is 0 Å². The first-order chi connectivity index (χ1) is 11.4. The van der Waals surface area contributed by atoms with Gasteiger partial charge in [0.15, 0.2) is 11.5 Å². The number of hydrogen-bond donors (Lipinski definition) is 3. The molecule has 3 N–H and O–H groups in total. The van der Waals surface area contributed by atoms with Crippen LogP contribution in [-0.4, -0.2) is 27.3 Å². The molecule has 0 atom stereocenters. The average molecular weight is 328 g/mol. The maximum absolute atomic E-state index is 10.6. The van der Waals surface area contributed by atoms with Crippen LogP contribution in [0.1, 0.15) is 5.56 Å². The molecular weight excluding hydrogens is 312 g/mol. The lowest BCUT2D eigenvalue weighted by Gasteiger charge is -1.98. The van der Waals surface area contributed by atoms with E-state index in [0.717, 1.165) is 12.2 Å². The fourth-order valence-electron chi connectivity index (χ4n) is 1.46. The Morgan fingerprint density at radius 3 is 2.21 bits per heavy atom. The lowest BCUT2D eigenvalue weighted by molar-refractivity contribution is -0.131. The highest BCUT2D eigenvalue weighted by Crippen LogP contribution is 2.25. The number of phenolic OH excluding ortho intramolecular Hbond substituents is 2. The standard InChI is InChI=1S/C9H8O4.C9H8O2/c10-7-3-1-6(5-8(7)11)2-4-9(12)13;1-2-9(10)11-8-6-4-3-5-7-8/h1-5,10-11H,(H,12,13);2-7H,1H2/b4-2+;. The third kappa shape index (κ3) is 6.95. The zero-order valence-corrected chi connectivity index (χ0v) is 12.6. The Morgan fingerprint density at radius 2 is 1.67 bits per heavy atom. The molecule has 0 heterocycles. The van der Waals surface area contributed by atoms with Gasteiger partial charge >= 0.3 is 11.9 Å². The van der Waals surface area contributed by atoms with Crippen molar-refractivity contribution in [1.29, 1.82) is 0 Å². The van der Waals surface area contributed by atoms with Crippen molar-refractivity contribution in [3.63, 3.8) is 0 Å². The van der Waals surface area contributed by atoms with Crippen LogP contribution in [0.25, 0.3) is 6.08 Å². The van der Waals surface area contributed by atoms with Crippen LogP contribution < -0.4 is 4.74 Å². The molecule has 0 aliphatic heterocycles. The number of hydrogen-bond acceptors (Lipinski definition) is 5. The van der Waals surface area contributed by atoms with Crippen molar-refractivity contribution in [3.8, 4) is 17.2 Å². The number of para-hydroxylation sites is 1. The second-order valence-electron chi connectivity index (χ2n) is 4.36. The molecule has 0 amide bonds. The van der Waals surface area contributed by atoms with E-state index in [-0.39, 0.29) is 11.5 Å². The Bertz CT molecular complexity index is 734. The Morgan fingerprint density at radius 1 is 1.00 bits per heavy atom. The smallest absolute Gasteiger partial charge is 0.335 e.